The van der Waals surface area contributed by atoms with E-state index < -0.39 is 0 Å². The van der Waals surface area contributed by atoms with Crippen LogP contribution in [0.5, 0.6) is 11.5 Å². The summed E-state index contributed by atoms with van der Waals surface area (Å²) >= 11 is 0. The Kier molecular flexibility index (Phi) is 3.31. The van der Waals surface area contributed by atoms with Gasteiger partial charge in [-0.1, -0.05) is 12.1 Å². The Morgan fingerprint density at radius 2 is 1.76 bits per heavy atom. The zero-order chi connectivity index (χ0) is 14.8. The first-order chi connectivity index (χ1) is 10.2. The average Bonchev–Trinajstić information content (AvgIpc) is 2.54. The second-order valence-corrected chi connectivity index (χ2v) is 4.52. The van der Waals surface area contributed by atoms with Crippen LogP contribution in [-0.4, -0.2) is 24.2 Å². The van der Waals surface area contributed by atoms with E-state index in [0.717, 1.165) is 16.5 Å². The lowest BCUT2D eigenvalue weighted by Crippen LogP contribution is -1.99. The minimum atomic E-state index is 0.452. The molecule has 5 heteroatoms. The number of ether oxygens (including phenoxy) is 2. The summed E-state index contributed by atoms with van der Waals surface area (Å²) in [4.78, 5) is 8.94. The molecular formula is C16H15N3O2. The van der Waals surface area contributed by atoms with Crippen molar-refractivity contribution in [2.45, 2.75) is 0 Å². The summed E-state index contributed by atoms with van der Waals surface area (Å²) in [6, 6.07) is 13.1. The number of methoxy groups -OCH3 is 2. The van der Waals surface area contributed by atoms with Gasteiger partial charge in [-0.2, -0.15) is 0 Å². The zero-order valence-electron chi connectivity index (χ0n) is 11.8. The fourth-order valence-electron chi connectivity index (χ4n) is 2.20. The van der Waals surface area contributed by atoms with Crippen molar-refractivity contribution in [3.63, 3.8) is 0 Å². The highest BCUT2D eigenvalue weighted by Gasteiger charge is 2.12. The highest BCUT2D eigenvalue weighted by Crippen LogP contribution is 2.32. The molecule has 0 saturated carbocycles. The van der Waals surface area contributed by atoms with Crippen LogP contribution in [0.2, 0.25) is 0 Å². The lowest BCUT2D eigenvalue weighted by atomic mass is 10.1. The molecule has 3 rings (SSSR count). The minimum Gasteiger partial charge on any atom is -0.497 e. The smallest absolute Gasteiger partial charge is 0.165 e. The lowest BCUT2D eigenvalue weighted by molar-refractivity contribution is 0.395. The van der Waals surface area contributed by atoms with Gasteiger partial charge in [0.2, 0.25) is 0 Å². The van der Waals surface area contributed by atoms with Gasteiger partial charge in [-0.15, -0.1) is 0 Å². The van der Waals surface area contributed by atoms with E-state index >= 15 is 0 Å². The van der Waals surface area contributed by atoms with Crippen LogP contribution in [0.4, 0.5) is 5.82 Å². The average molecular weight is 281 g/mol. The van der Waals surface area contributed by atoms with Gasteiger partial charge in [0, 0.05) is 11.5 Å². The third kappa shape index (κ3) is 2.33. The molecule has 106 valence electrons. The van der Waals surface area contributed by atoms with Crippen molar-refractivity contribution in [1.82, 2.24) is 9.97 Å². The van der Waals surface area contributed by atoms with Crippen molar-refractivity contribution in [2.75, 3.05) is 20.0 Å². The molecule has 1 heterocycles. The van der Waals surface area contributed by atoms with E-state index in [0.29, 0.717) is 23.1 Å². The molecule has 2 N–H and O–H groups in total. The van der Waals surface area contributed by atoms with E-state index in [1.807, 2.05) is 36.4 Å². The molecule has 0 aliphatic rings. The van der Waals surface area contributed by atoms with Gasteiger partial charge in [-0.05, 0) is 24.3 Å². The van der Waals surface area contributed by atoms with Crippen LogP contribution in [0.3, 0.4) is 0 Å². The third-order valence-electron chi connectivity index (χ3n) is 3.28. The van der Waals surface area contributed by atoms with Crippen LogP contribution in [0, 0.1) is 0 Å². The van der Waals surface area contributed by atoms with Crippen molar-refractivity contribution in [3.05, 3.63) is 42.5 Å². The van der Waals surface area contributed by atoms with Gasteiger partial charge in [-0.25, -0.2) is 9.97 Å². The lowest BCUT2D eigenvalue weighted by Gasteiger charge is -2.10. The Bertz CT molecular complexity index is 803. The molecule has 0 saturated heterocycles. The molecular weight excluding hydrogens is 266 g/mol. The van der Waals surface area contributed by atoms with E-state index in [-0.39, 0.29) is 0 Å². The molecule has 0 amide bonds. The maximum atomic E-state index is 6.03. The number of nitrogens with zero attached hydrogens (tertiary/aromatic N) is 2. The first-order valence-electron chi connectivity index (χ1n) is 6.47. The van der Waals surface area contributed by atoms with Crippen molar-refractivity contribution < 1.29 is 9.47 Å². The number of benzene rings is 2. The molecule has 0 unspecified atom stereocenters. The molecule has 0 atom stereocenters. The molecule has 5 nitrogen and oxygen atoms in total. The molecule has 0 spiro atoms. The van der Waals surface area contributed by atoms with Gasteiger partial charge in [-0.3, -0.25) is 0 Å². The molecule has 3 aromatic rings. The molecule has 0 aliphatic heterocycles. The Morgan fingerprint density at radius 3 is 2.52 bits per heavy atom. The van der Waals surface area contributed by atoms with E-state index in [1.54, 1.807) is 20.3 Å². The van der Waals surface area contributed by atoms with Crippen LogP contribution >= 0.6 is 0 Å². The van der Waals surface area contributed by atoms with Crippen molar-refractivity contribution in [3.8, 4) is 22.9 Å². The Morgan fingerprint density at radius 1 is 0.952 bits per heavy atom. The quantitative estimate of drug-likeness (QED) is 0.799. The Hall–Kier alpha value is -2.82. The number of hydrogen-bond acceptors (Lipinski definition) is 5. The number of nitrogen functional groups attached to an aromatic ring is 1. The molecule has 0 bridgehead atoms. The molecule has 21 heavy (non-hydrogen) atoms. The summed E-state index contributed by atoms with van der Waals surface area (Å²) in [6.07, 6.45) is 0. The second-order valence-electron chi connectivity index (χ2n) is 4.52. The zero-order valence-corrected chi connectivity index (χ0v) is 11.8. The van der Waals surface area contributed by atoms with Crippen LogP contribution < -0.4 is 15.2 Å². The standard InChI is InChI=1S/C16H15N3O2/c1-20-10-7-8-12(14(9-10)21-2)16-18-13-6-4-3-5-11(13)15(17)19-16/h3-9H,1-2H3,(H2,17,18,19). The van der Waals surface area contributed by atoms with Gasteiger partial charge in [0.15, 0.2) is 5.82 Å². The number of nitrogens with two attached hydrogens (primary N) is 1. The summed E-state index contributed by atoms with van der Waals surface area (Å²) in [5.41, 5.74) is 7.60. The normalized spacial score (nSPS) is 10.6. The summed E-state index contributed by atoms with van der Waals surface area (Å²) < 4.78 is 10.6. The van der Waals surface area contributed by atoms with Crippen molar-refractivity contribution in [2.24, 2.45) is 0 Å². The summed E-state index contributed by atoms with van der Waals surface area (Å²) in [5.74, 6) is 2.34. The van der Waals surface area contributed by atoms with Crippen LogP contribution in [-0.2, 0) is 0 Å². The molecule has 2 aromatic carbocycles. The molecule has 0 radical (unpaired) electrons. The van der Waals surface area contributed by atoms with Crippen molar-refractivity contribution in [1.29, 1.82) is 0 Å². The summed E-state index contributed by atoms with van der Waals surface area (Å²) in [7, 11) is 3.21. The van der Waals surface area contributed by atoms with Gasteiger partial charge in [0.05, 0.1) is 25.3 Å². The van der Waals surface area contributed by atoms with Crippen LogP contribution in [0.15, 0.2) is 42.5 Å². The number of para-hydroxylation sites is 1. The van der Waals surface area contributed by atoms with E-state index in [1.165, 1.54) is 0 Å². The van der Waals surface area contributed by atoms with Gasteiger partial charge in [0.25, 0.3) is 0 Å². The number of hydrogen-bond donors (Lipinski definition) is 1. The number of rotatable bonds is 3. The highest BCUT2D eigenvalue weighted by atomic mass is 16.5. The van der Waals surface area contributed by atoms with Crippen LogP contribution in [0.25, 0.3) is 22.3 Å². The van der Waals surface area contributed by atoms with E-state index in [4.69, 9.17) is 15.2 Å². The first-order valence-corrected chi connectivity index (χ1v) is 6.47. The van der Waals surface area contributed by atoms with E-state index in [2.05, 4.69) is 9.97 Å². The Balaban J connectivity index is 2.20. The predicted molar refractivity (Wildman–Crippen MR) is 82.5 cm³/mol. The fourth-order valence-corrected chi connectivity index (χ4v) is 2.20. The number of anilines is 1. The highest BCUT2D eigenvalue weighted by molar-refractivity contribution is 5.89. The first kappa shape index (κ1) is 13.2. The van der Waals surface area contributed by atoms with Gasteiger partial charge >= 0.3 is 0 Å². The molecule has 0 fully saturated rings. The van der Waals surface area contributed by atoms with Gasteiger partial charge in [0.1, 0.15) is 17.3 Å². The Labute approximate surface area is 122 Å². The number of fused-ring (bicyclic) bond motifs is 1. The van der Waals surface area contributed by atoms with Crippen molar-refractivity contribution >= 4 is 16.7 Å². The minimum absolute atomic E-state index is 0.452. The van der Waals surface area contributed by atoms with E-state index in [9.17, 15) is 0 Å². The largest absolute Gasteiger partial charge is 0.497 e. The second kappa shape index (κ2) is 5.28. The maximum absolute atomic E-state index is 6.03. The monoisotopic (exact) mass is 281 g/mol. The predicted octanol–water partition coefficient (Wildman–Crippen LogP) is 2.90. The number of aromatic nitrogens is 2. The summed E-state index contributed by atoms with van der Waals surface area (Å²) in [6.45, 7) is 0. The SMILES string of the molecule is COc1ccc(-c2nc(N)c3ccccc3n2)c(OC)c1. The molecule has 1 aromatic heterocycles. The maximum Gasteiger partial charge on any atom is 0.165 e. The van der Waals surface area contributed by atoms with Gasteiger partial charge < -0.3 is 15.2 Å². The fraction of sp³-hybridized carbons (Fsp3) is 0.125. The third-order valence-corrected chi connectivity index (χ3v) is 3.28. The topological polar surface area (TPSA) is 70.3 Å². The molecule has 0 aliphatic carbocycles. The van der Waals surface area contributed by atoms with Crippen LogP contribution in [0.1, 0.15) is 0 Å². The summed E-state index contributed by atoms with van der Waals surface area (Å²) in [5, 5.41) is 0.841.